The Morgan fingerprint density at radius 2 is 2.00 bits per heavy atom. The highest BCUT2D eigenvalue weighted by Gasteiger charge is 2.15. The topological polar surface area (TPSA) is 86.1 Å². The molecule has 2 aromatic carbocycles. The number of phenolic OH excluding ortho intramolecular Hbond substituents is 2. The Morgan fingerprint density at radius 1 is 1.24 bits per heavy atom. The number of nitrogens with one attached hydrogen (secondary N) is 2. The van der Waals surface area contributed by atoms with Gasteiger partial charge in [-0.05, 0) is 47.6 Å². The monoisotopic (exact) mass is 355 g/mol. The van der Waals surface area contributed by atoms with Crippen LogP contribution in [0.4, 0.5) is 0 Å². The minimum atomic E-state index is 0.0705. The second-order valence-corrected chi connectivity index (χ2v) is 5.81. The van der Waals surface area contributed by atoms with Gasteiger partial charge >= 0.3 is 0 Å². The summed E-state index contributed by atoms with van der Waals surface area (Å²) in [5.74, 6) is 0.897. The number of hydrogen-bond acceptors (Lipinski definition) is 5. The molecular weight excluding hydrogens is 338 g/mol. The summed E-state index contributed by atoms with van der Waals surface area (Å²) in [5, 5.41) is 26.6. The van der Waals surface area contributed by atoms with E-state index < -0.39 is 0 Å². The first-order chi connectivity index (χ1) is 12.1. The van der Waals surface area contributed by atoms with Crippen LogP contribution in [0.2, 0.25) is 0 Å². The summed E-state index contributed by atoms with van der Waals surface area (Å²) in [6.07, 6.45) is 3.48. The molecule has 0 amide bonds. The van der Waals surface area contributed by atoms with Gasteiger partial charge in [0.1, 0.15) is 23.9 Å². The maximum absolute atomic E-state index is 10.1. The fraction of sp³-hybridized carbons (Fsp3) is 0.111. The van der Waals surface area contributed by atoms with E-state index >= 15 is 0 Å². The maximum Gasteiger partial charge on any atom is 0.186 e. The van der Waals surface area contributed by atoms with Crippen molar-refractivity contribution in [1.82, 2.24) is 10.7 Å². The van der Waals surface area contributed by atoms with Crippen molar-refractivity contribution in [3.8, 4) is 17.2 Å². The highest BCUT2D eigenvalue weighted by Crippen LogP contribution is 2.35. The first-order valence-corrected chi connectivity index (χ1v) is 7.98. The van der Waals surface area contributed by atoms with Crippen LogP contribution < -0.4 is 15.5 Å². The molecule has 1 aliphatic rings. The van der Waals surface area contributed by atoms with Crippen LogP contribution in [0.15, 0.2) is 41.5 Å². The number of thiocarbonyl (C=S) groups is 1. The van der Waals surface area contributed by atoms with E-state index in [9.17, 15) is 10.2 Å². The number of hydrazone groups is 1. The predicted octanol–water partition coefficient (Wildman–Crippen LogP) is 2.46. The third-order valence-corrected chi connectivity index (χ3v) is 4.00. The van der Waals surface area contributed by atoms with Gasteiger partial charge in [0.25, 0.3) is 0 Å². The van der Waals surface area contributed by atoms with Gasteiger partial charge in [0.05, 0.1) is 6.21 Å². The summed E-state index contributed by atoms with van der Waals surface area (Å²) in [6, 6.07) is 10.3. The largest absolute Gasteiger partial charge is 0.508 e. The van der Waals surface area contributed by atoms with Gasteiger partial charge in [0.15, 0.2) is 5.11 Å². The SMILES string of the molecule is CNC(=S)N/N=C/c1cc2c(cc1O)OCC(c1ccc(O)cc1)=C2. The second kappa shape index (κ2) is 7.23. The van der Waals surface area contributed by atoms with Crippen LogP contribution in [0, 0.1) is 0 Å². The third-order valence-electron chi connectivity index (χ3n) is 3.71. The zero-order valence-electron chi connectivity index (χ0n) is 13.5. The van der Waals surface area contributed by atoms with Crippen molar-refractivity contribution in [2.75, 3.05) is 13.7 Å². The van der Waals surface area contributed by atoms with Crippen LogP contribution in [0.25, 0.3) is 11.6 Å². The Balaban J connectivity index is 1.89. The number of fused-ring (bicyclic) bond motifs is 1. The van der Waals surface area contributed by atoms with Gasteiger partial charge in [-0.15, -0.1) is 0 Å². The standard InChI is InChI=1S/C18H17N3O3S/c1-19-18(25)21-20-9-13-6-12-7-14(10-24-17(12)8-16(13)23)11-2-4-15(22)5-3-11/h2-9,22-23H,10H2,1H3,(H2,19,21,25)/b20-9+. The molecule has 0 aromatic heterocycles. The van der Waals surface area contributed by atoms with Gasteiger partial charge in [-0.2, -0.15) is 5.10 Å². The second-order valence-electron chi connectivity index (χ2n) is 5.40. The van der Waals surface area contributed by atoms with Crippen molar-refractivity contribution >= 4 is 35.2 Å². The molecule has 0 unspecified atom stereocenters. The molecule has 0 saturated heterocycles. The summed E-state index contributed by atoms with van der Waals surface area (Å²) in [4.78, 5) is 0. The molecule has 0 radical (unpaired) electrons. The van der Waals surface area contributed by atoms with E-state index in [-0.39, 0.29) is 11.5 Å². The van der Waals surface area contributed by atoms with Gasteiger partial charge in [-0.3, -0.25) is 5.43 Å². The molecule has 128 valence electrons. The number of benzene rings is 2. The van der Waals surface area contributed by atoms with Crippen molar-refractivity contribution in [3.63, 3.8) is 0 Å². The van der Waals surface area contributed by atoms with Crippen molar-refractivity contribution in [1.29, 1.82) is 0 Å². The number of nitrogens with zero attached hydrogens (tertiary/aromatic N) is 1. The fourth-order valence-electron chi connectivity index (χ4n) is 2.39. The molecule has 4 N–H and O–H groups in total. The molecule has 25 heavy (non-hydrogen) atoms. The van der Waals surface area contributed by atoms with Gasteiger partial charge < -0.3 is 20.3 Å². The average molecular weight is 355 g/mol. The molecule has 0 saturated carbocycles. The lowest BCUT2D eigenvalue weighted by atomic mass is 9.99. The molecular formula is C18H17N3O3S. The summed E-state index contributed by atoms with van der Waals surface area (Å²) in [6.45, 7) is 0.392. The first kappa shape index (κ1) is 16.8. The van der Waals surface area contributed by atoms with Crippen LogP contribution in [0.1, 0.15) is 16.7 Å². The van der Waals surface area contributed by atoms with E-state index in [2.05, 4.69) is 15.8 Å². The zero-order valence-corrected chi connectivity index (χ0v) is 14.3. The lowest BCUT2D eigenvalue weighted by molar-refractivity contribution is 0.362. The smallest absolute Gasteiger partial charge is 0.186 e. The molecule has 6 nitrogen and oxygen atoms in total. The van der Waals surface area contributed by atoms with E-state index in [1.807, 2.05) is 18.2 Å². The molecule has 3 rings (SSSR count). The van der Waals surface area contributed by atoms with Crippen LogP contribution in [-0.4, -0.2) is 35.2 Å². The number of aromatic hydroxyl groups is 2. The van der Waals surface area contributed by atoms with E-state index in [1.165, 1.54) is 6.21 Å². The Kier molecular flexibility index (Phi) is 4.85. The van der Waals surface area contributed by atoms with Gasteiger partial charge in [-0.25, -0.2) is 0 Å². The number of rotatable bonds is 3. The average Bonchev–Trinajstić information content (AvgIpc) is 2.62. The number of phenols is 2. The highest BCUT2D eigenvalue weighted by atomic mass is 32.1. The van der Waals surface area contributed by atoms with Crippen molar-refractivity contribution in [3.05, 3.63) is 53.1 Å². The number of ether oxygens (including phenoxy) is 1. The zero-order chi connectivity index (χ0) is 17.8. The van der Waals surface area contributed by atoms with Crippen LogP contribution in [0.3, 0.4) is 0 Å². The molecule has 0 aliphatic carbocycles. The van der Waals surface area contributed by atoms with E-state index in [4.69, 9.17) is 17.0 Å². The van der Waals surface area contributed by atoms with Crippen LogP contribution in [-0.2, 0) is 0 Å². The quantitative estimate of drug-likeness (QED) is 0.384. The summed E-state index contributed by atoms with van der Waals surface area (Å²) in [7, 11) is 1.69. The number of hydrogen-bond donors (Lipinski definition) is 4. The molecule has 7 heteroatoms. The first-order valence-electron chi connectivity index (χ1n) is 7.57. The lowest BCUT2D eigenvalue weighted by Gasteiger charge is -2.19. The van der Waals surface area contributed by atoms with E-state index in [0.717, 1.165) is 16.7 Å². The molecule has 1 heterocycles. The maximum atomic E-state index is 10.1. The predicted molar refractivity (Wildman–Crippen MR) is 102 cm³/mol. The van der Waals surface area contributed by atoms with Crippen LogP contribution >= 0.6 is 12.2 Å². The Morgan fingerprint density at radius 3 is 2.72 bits per heavy atom. The molecule has 0 bridgehead atoms. The Bertz CT molecular complexity index is 861. The lowest BCUT2D eigenvalue weighted by Crippen LogP contribution is -2.28. The van der Waals surface area contributed by atoms with Crippen molar-refractivity contribution in [2.24, 2.45) is 5.10 Å². The Labute approximate surface area is 150 Å². The summed E-state index contributed by atoms with van der Waals surface area (Å²) in [5.41, 5.74) is 5.96. The van der Waals surface area contributed by atoms with E-state index in [0.29, 0.717) is 23.0 Å². The normalized spacial score (nSPS) is 12.9. The Hall–Kier alpha value is -3.06. The minimum absolute atomic E-state index is 0.0705. The highest BCUT2D eigenvalue weighted by molar-refractivity contribution is 7.80. The van der Waals surface area contributed by atoms with Gasteiger partial charge in [-0.1, -0.05) is 12.1 Å². The molecule has 1 aliphatic heterocycles. The van der Waals surface area contributed by atoms with Gasteiger partial charge in [0, 0.05) is 24.2 Å². The molecule has 0 spiro atoms. The van der Waals surface area contributed by atoms with Crippen LogP contribution in [0.5, 0.6) is 17.2 Å². The minimum Gasteiger partial charge on any atom is -0.508 e. The third kappa shape index (κ3) is 3.89. The fourth-order valence-corrected chi connectivity index (χ4v) is 2.44. The summed E-state index contributed by atoms with van der Waals surface area (Å²) >= 11 is 4.93. The van der Waals surface area contributed by atoms with Crippen molar-refractivity contribution < 1.29 is 14.9 Å². The van der Waals surface area contributed by atoms with Crippen molar-refractivity contribution in [2.45, 2.75) is 0 Å². The molecule has 0 atom stereocenters. The molecule has 0 fully saturated rings. The van der Waals surface area contributed by atoms with Gasteiger partial charge in [0.2, 0.25) is 0 Å². The van der Waals surface area contributed by atoms with E-state index in [1.54, 1.807) is 31.3 Å². The molecule has 2 aromatic rings. The summed E-state index contributed by atoms with van der Waals surface area (Å²) < 4.78 is 5.73.